The third-order valence-electron chi connectivity index (χ3n) is 3.28. The van der Waals surface area contributed by atoms with Crippen molar-refractivity contribution in [2.24, 2.45) is 0 Å². The van der Waals surface area contributed by atoms with Crippen molar-refractivity contribution in [3.8, 4) is 11.3 Å². The molecule has 0 fully saturated rings. The minimum absolute atomic E-state index is 0.315. The first-order chi connectivity index (χ1) is 11.9. The van der Waals surface area contributed by atoms with Crippen LogP contribution in [0.3, 0.4) is 0 Å². The highest BCUT2D eigenvalue weighted by atomic mass is 35.5. The van der Waals surface area contributed by atoms with Crippen LogP contribution in [-0.2, 0) is 15.3 Å². The molecule has 1 heterocycles. The van der Waals surface area contributed by atoms with Crippen molar-refractivity contribution in [1.29, 1.82) is 0 Å². The molecule has 2 rings (SSSR count). The maximum Gasteiger partial charge on any atom is 0.328 e. The SMILES string of the molecule is CC(SCc1ncc(-c2ccc(Cl)cc2)o1)C(=O)NC(CF)C(=O)O. The lowest BCUT2D eigenvalue weighted by Crippen LogP contribution is -2.45. The fourth-order valence-electron chi connectivity index (χ4n) is 1.85. The van der Waals surface area contributed by atoms with Crippen LogP contribution in [0.25, 0.3) is 11.3 Å². The fourth-order valence-corrected chi connectivity index (χ4v) is 2.72. The number of aromatic nitrogens is 1. The number of halogens is 2. The number of hydrogen-bond donors (Lipinski definition) is 2. The van der Waals surface area contributed by atoms with Crippen LogP contribution in [0.5, 0.6) is 0 Å². The number of hydrogen-bond acceptors (Lipinski definition) is 5. The number of oxazole rings is 1. The van der Waals surface area contributed by atoms with E-state index in [-0.39, 0.29) is 0 Å². The zero-order chi connectivity index (χ0) is 18.4. The fraction of sp³-hybridized carbons (Fsp3) is 0.312. The van der Waals surface area contributed by atoms with Gasteiger partial charge in [0.1, 0.15) is 6.67 Å². The number of aliphatic carboxylic acids is 1. The molecule has 0 bridgehead atoms. The van der Waals surface area contributed by atoms with Crippen molar-refractivity contribution in [2.75, 3.05) is 6.67 Å². The standard InChI is InChI=1S/C16H16ClFN2O4S/c1-9(15(21)20-12(6-18)16(22)23)25-8-14-19-7-13(24-14)10-2-4-11(17)5-3-10/h2-5,7,9,12H,6,8H2,1H3,(H,20,21)(H,22,23). The molecule has 25 heavy (non-hydrogen) atoms. The summed E-state index contributed by atoms with van der Waals surface area (Å²) in [5, 5.41) is 10.9. The second-order valence-corrected chi connectivity index (χ2v) is 6.90. The number of alkyl halides is 1. The van der Waals surface area contributed by atoms with Crippen LogP contribution in [0.1, 0.15) is 12.8 Å². The highest BCUT2D eigenvalue weighted by molar-refractivity contribution is 7.99. The average Bonchev–Trinajstić information content (AvgIpc) is 3.06. The molecule has 0 aliphatic heterocycles. The molecule has 1 aromatic heterocycles. The molecule has 2 N–H and O–H groups in total. The molecule has 0 aliphatic carbocycles. The Morgan fingerprint density at radius 1 is 1.40 bits per heavy atom. The first kappa shape index (κ1) is 19.3. The van der Waals surface area contributed by atoms with Gasteiger partial charge in [-0.2, -0.15) is 0 Å². The zero-order valence-corrected chi connectivity index (χ0v) is 14.8. The van der Waals surface area contributed by atoms with Gasteiger partial charge in [-0.15, -0.1) is 11.8 Å². The maximum absolute atomic E-state index is 12.5. The summed E-state index contributed by atoms with van der Waals surface area (Å²) < 4.78 is 18.2. The van der Waals surface area contributed by atoms with Gasteiger partial charge in [0.15, 0.2) is 11.8 Å². The topological polar surface area (TPSA) is 92.4 Å². The van der Waals surface area contributed by atoms with Gasteiger partial charge < -0.3 is 14.8 Å². The second-order valence-electron chi connectivity index (χ2n) is 5.13. The monoisotopic (exact) mass is 386 g/mol. The Morgan fingerprint density at radius 3 is 2.68 bits per heavy atom. The number of amides is 1. The number of benzene rings is 1. The van der Waals surface area contributed by atoms with Gasteiger partial charge in [-0.1, -0.05) is 11.6 Å². The minimum atomic E-state index is -1.53. The Bertz CT molecular complexity index is 738. The molecule has 0 aliphatic rings. The highest BCUT2D eigenvalue weighted by Crippen LogP contribution is 2.25. The van der Waals surface area contributed by atoms with Gasteiger partial charge in [0, 0.05) is 10.6 Å². The van der Waals surface area contributed by atoms with Gasteiger partial charge in [0.25, 0.3) is 0 Å². The van der Waals surface area contributed by atoms with E-state index in [1.807, 2.05) is 0 Å². The number of nitrogens with one attached hydrogen (secondary N) is 1. The Labute approximate surface area is 152 Å². The molecule has 2 atom stereocenters. The predicted molar refractivity (Wildman–Crippen MR) is 93.2 cm³/mol. The molecular weight excluding hydrogens is 371 g/mol. The van der Waals surface area contributed by atoms with Crippen LogP contribution in [0.4, 0.5) is 4.39 Å². The van der Waals surface area contributed by atoms with Crippen molar-refractivity contribution in [1.82, 2.24) is 10.3 Å². The Balaban J connectivity index is 1.89. The van der Waals surface area contributed by atoms with Crippen molar-refractivity contribution >= 4 is 35.2 Å². The van der Waals surface area contributed by atoms with E-state index < -0.39 is 29.8 Å². The zero-order valence-electron chi connectivity index (χ0n) is 13.2. The lowest BCUT2D eigenvalue weighted by molar-refractivity contribution is -0.142. The van der Waals surface area contributed by atoms with E-state index in [1.165, 1.54) is 11.8 Å². The van der Waals surface area contributed by atoms with Crippen LogP contribution >= 0.6 is 23.4 Å². The highest BCUT2D eigenvalue weighted by Gasteiger charge is 2.23. The van der Waals surface area contributed by atoms with E-state index in [4.69, 9.17) is 21.1 Å². The summed E-state index contributed by atoms with van der Waals surface area (Å²) in [5.74, 6) is -0.647. The summed E-state index contributed by atoms with van der Waals surface area (Å²) in [5.41, 5.74) is 0.825. The van der Waals surface area contributed by atoms with Gasteiger partial charge in [-0.05, 0) is 31.2 Å². The number of thioether (sulfide) groups is 1. The molecule has 134 valence electrons. The summed E-state index contributed by atoms with van der Waals surface area (Å²) in [6, 6.07) is 5.56. The molecule has 0 radical (unpaired) electrons. The number of carboxylic acids is 1. The third-order valence-corrected chi connectivity index (χ3v) is 4.66. The molecular formula is C16H16ClFN2O4S. The third kappa shape index (κ3) is 5.47. The van der Waals surface area contributed by atoms with Gasteiger partial charge in [0.2, 0.25) is 11.8 Å². The quantitative estimate of drug-likeness (QED) is 0.724. The van der Waals surface area contributed by atoms with E-state index in [9.17, 15) is 14.0 Å². The first-order valence-corrected chi connectivity index (χ1v) is 8.74. The lowest BCUT2D eigenvalue weighted by atomic mass is 10.2. The molecule has 2 unspecified atom stereocenters. The van der Waals surface area contributed by atoms with Crippen molar-refractivity contribution in [3.05, 3.63) is 41.4 Å². The molecule has 1 aromatic carbocycles. The number of carboxylic acid groups (broad SMARTS) is 1. The summed E-state index contributed by atoms with van der Waals surface area (Å²) >= 11 is 7.04. The predicted octanol–water partition coefficient (Wildman–Crippen LogP) is 3.16. The molecule has 6 nitrogen and oxygen atoms in total. The van der Waals surface area contributed by atoms with E-state index in [0.29, 0.717) is 22.4 Å². The normalized spacial score (nSPS) is 13.2. The number of carbonyl (C=O) groups excluding carboxylic acids is 1. The summed E-state index contributed by atoms with van der Waals surface area (Å²) in [6.07, 6.45) is 1.58. The molecule has 1 amide bonds. The van der Waals surface area contributed by atoms with Gasteiger partial charge >= 0.3 is 5.97 Å². The van der Waals surface area contributed by atoms with Crippen LogP contribution < -0.4 is 5.32 Å². The lowest BCUT2D eigenvalue weighted by Gasteiger charge is -2.14. The van der Waals surface area contributed by atoms with E-state index >= 15 is 0 Å². The smallest absolute Gasteiger partial charge is 0.328 e. The summed E-state index contributed by atoms with van der Waals surface area (Å²) in [7, 11) is 0. The summed E-state index contributed by atoms with van der Waals surface area (Å²) in [6.45, 7) is 0.433. The largest absolute Gasteiger partial charge is 0.480 e. The second kappa shape index (κ2) is 8.87. The summed E-state index contributed by atoms with van der Waals surface area (Å²) in [4.78, 5) is 26.7. The van der Waals surface area contributed by atoms with E-state index in [0.717, 1.165) is 5.56 Å². The van der Waals surface area contributed by atoms with E-state index in [1.54, 1.807) is 37.4 Å². The van der Waals surface area contributed by atoms with E-state index in [2.05, 4.69) is 10.3 Å². The maximum atomic E-state index is 12.5. The van der Waals surface area contributed by atoms with Crippen molar-refractivity contribution < 1.29 is 23.5 Å². The van der Waals surface area contributed by atoms with Crippen LogP contribution in [0, 0.1) is 0 Å². The van der Waals surface area contributed by atoms with Crippen molar-refractivity contribution in [3.63, 3.8) is 0 Å². The average molecular weight is 387 g/mol. The van der Waals surface area contributed by atoms with Gasteiger partial charge in [-0.3, -0.25) is 4.79 Å². The van der Waals surface area contributed by atoms with Crippen molar-refractivity contribution in [2.45, 2.75) is 24.0 Å². The van der Waals surface area contributed by atoms with Crippen LogP contribution in [0.2, 0.25) is 5.02 Å². The number of nitrogens with zero attached hydrogens (tertiary/aromatic N) is 1. The van der Waals surface area contributed by atoms with Gasteiger partial charge in [-0.25, -0.2) is 14.2 Å². The van der Waals surface area contributed by atoms with Crippen LogP contribution in [0.15, 0.2) is 34.9 Å². The Hall–Kier alpha value is -2.06. The molecule has 0 spiro atoms. The van der Waals surface area contributed by atoms with Crippen LogP contribution in [-0.4, -0.2) is 39.9 Å². The molecule has 0 saturated heterocycles. The number of rotatable bonds is 8. The molecule has 2 aromatic rings. The minimum Gasteiger partial charge on any atom is -0.480 e. The molecule has 0 saturated carbocycles. The molecule has 9 heteroatoms. The Morgan fingerprint density at radius 2 is 2.08 bits per heavy atom. The van der Waals surface area contributed by atoms with Gasteiger partial charge in [0.05, 0.1) is 17.2 Å². The first-order valence-electron chi connectivity index (χ1n) is 7.32. The number of carbonyl (C=O) groups is 2. The Kier molecular flexibility index (Phi) is 6.83.